The van der Waals surface area contributed by atoms with Crippen LogP contribution in [0.4, 0.5) is 0 Å². The third-order valence-corrected chi connectivity index (χ3v) is 10.9. The van der Waals surface area contributed by atoms with E-state index in [9.17, 15) is 4.79 Å². The fourth-order valence-electron chi connectivity index (χ4n) is 3.40. The van der Waals surface area contributed by atoms with Crippen LogP contribution in [0.5, 0.6) is 5.88 Å². The van der Waals surface area contributed by atoms with Gasteiger partial charge in [0, 0.05) is 29.8 Å². The number of amides is 1. The molecule has 8 heteroatoms. The number of hydrogen-bond donors (Lipinski definition) is 2. The van der Waals surface area contributed by atoms with Gasteiger partial charge in [-0.2, -0.15) is 0 Å². The van der Waals surface area contributed by atoms with Gasteiger partial charge in [-0.15, -0.1) is 0 Å². The van der Waals surface area contributed by atoms with Crippen LogP contribution in [0.2, 0.25) is 18.1 Å². The summed E-state index contributed by atoms with van der Waals surface area (Å²) in [7, 11) is -2.00. The van der Waals surface area contributed by atoms with Gasteiger partial charge in [-0.05, 0) is 36.9 Å². The molecule has 1 amide bonds. The number of rotatable bonds is 9. The molecule has 0 radical (unpaired) electrons. The van der Waals surface area contributed by atoms with Crippen molar-refractivity contribution in [3.63, 3.8) is 0 Å². The van der Waals surface area contributed by atoms with Gasteiger partial charge in [-0.25, -0.2) is 9.97 Å². The van der Waals surface area contributed by atoms with Gasteiger partial charge in [0.05, 0.1) is 12.7 Å². The zero-order valence-corrected chi connectivity index (χ0v) is 20.8. The Morgan fingerprint density at radius 3 is 2.53 bits per heavy atom. The van der Waals surface area contributed by atoms with Crippen LogP contribution in [0.25, 0.3) is 10.8 Å². The normalized spacial score (nSPS) is 14.3. The summed E-state index contributed by atoms with van der Waals surface area (Å²) in [5.74, 6) is 0.622. The van der Waals surface area contributed by atoms with Gasteiger partial charge in [-0.1, -0.05) is 45.0 Å². The standard InChI is InChI=1S/C24H34N4O3Si/c1-16(31-32(5,6)24(2,3)4)19(23-27-15-20(28-23)22(25)29)11-12-30-21-13-17-9-7-8-10-18(17)14-26-21/h7-10,13-16,19H,11-12H2,1-6H3,(H2,25,29)(H,27,28)/t16-,19-/m0/s1. The molecule has 0 saturated carbocycles. The molecule has 3 N–H and O–H groups in total. The zero-order valence-electron chi connectivity index (χ0n) is 19.8. The van der Waals surface area contributed by atoms with Gasteiger partial charge in [0.25, 0.3) is 5.91 Å². The number of nitrogens with one attached hydrogen (secondary N) is 1. The molecule has 0 aliphatic heterocycles. The van der Waals surface area contributed by atoms with Crippen molar-refractivity contribution in [2.75, 3.05) is 6.61 Å². The fourth-order valence-corrected chi connectivity index (χ4v) is 4.85. The smallest absolute Gasteiger partial charge is 0.268 e. The predicted octanol–water partition coefficient (Wildman–Crippen LogP) is 5.02. The number of carbonyl (C=O) groups is 1. The highest BCUT2D eigenvalue weighted by Gasteiger charge is 2.40. The highest BCUT2D eigenvalue weighted by atomic mass is 28.4. The van der Waals surface area contributed by atoms with Crippen LogP contribution in [0.1, 0.15) is 56.3 Å². The summed E-state index contributed by atoms with van der Waals surface area (Å²) in [6, 6.07) is 9.99. The van der Waals surface area contributed by atoms with E-state index in [1.165, 1.54) is 0 Å². The van der Waals surface area contributed by atoms with Crippen molar-refractivity contribution in [3.05, 3.63) is 54.2 Å². The monoisotopic (exact) mass is 454 g/mol. The fraction of sp³-hybridized carbons (Fsp3) is 0.458. The van der Waals surface area contributed by atoms with E-state index in [-0.39, 0.29) is 22.8 Å². The van der Waals surface area contributed by atoms with Gasteiger partial charge in [0.1, 0.15) is 11.5 Å². The zero-order chi connectivity index (χ0) is 23.5. The number of carbonyl (C=O) groups excluding carboxylic acids is 1. The molecule has 2 heterocycles. The molecule has 0 fully saturated rings. The van der Waals surface area contributed by atoms with Crippen molar-refractivity contribution in [3.8, 4) is 5.88 Å². The van der Waals surface area contributed by atoms with Crippen molar-refractivity contribution >= 4 is 25.0 Å². The second-order valence-corrected chi connectivity index (χ2v) is 14.5. The van der Waals surface area contributed by atoms with E-state index >= 15 is 0 Å². The summed E-state index contributed by atoms with van der Waals surface area (Å²) in [4.78, 5) is 23.5. The second kappa shape index (κ2) is 9.42. The number of ether oxygens (including phenoxy) is 1. The molecule has 0 spiro atoms. The number of nitrogens with zero attached hydrogens (tertiary/aromatic N) is 2. The van der Waals surface area contributed by atoms with Gasteiger partial charge in [-0.3, -0.25) is 4.79 Å². The molecule has 0 bridgehead atoms. The van der Waals surface area contributed by atoms with Gasteiger partial charge >= 0.3 is 0 Å². The summed E-state index contributed by atoms with van der Waals surface area (Å²) < 4.78 is 12.6. The van der Waals surface area contributed by atoms with Crippen LogP contribution >= 0.6 is 0 Å². The molecule has 0 saturated heterocycles. The molecule has 3 rings (SSSR count). The number of imidazole rings is 1. The molecule has 1 aromatic carbocycles. The number of aromatic amines is 1. The number of fused-ring (bicyclic) bond motifs is 1. The van der Waals surface area contributed by atoms with E-state index < -0.39 is 14.2 Å². The van der Waals surface area contributed by atoms with Crippen molar-refractivity contribution < 1.29 is 14.0 Å². The Bertz CT molecular complexity index is 1070. The number of benzene rings is 1. The Labute approximate surface area is 190 Å². The Hall–Kier alpha value is -2.71. The number of nitrogens with two attached hydrogens (primary N) is 1. The first-order chi connectivity index (χ1) is 15.0. The lowest BCUT2D eigenvalue weighted by atomic mass is 9.99. The van der Waals surface area contributed by atoms with Crippen LogP contribution in [-0.2, 0) is 4.43 Å². The Balaban J connectivity index is 1.75. The van der Waals surface area contributed by atoms with E-state index in [4.69, 9.17) is 14.9 Å². The molecule has 3 aromatic rings. The third-order valence-electron chi connectivity index (χ3n) is 6.34. The summed E-state index contributed by atoms with van der Waals surface area (Å²) in [5.41, 5.74) is 5.63. The van der Waals surface area contributed by atoms with E-state index in [1.54, 1.807) is 6.20 Å². The van der Waals surface area contributed by atoms with Crippen LogP contribution in [0.3, 0.4) is 0 Å². The lowest BCUT2D eigenvalue weighted by molar-refractivity contribution is 0.0995. The maximum atomic E-state index is 11.6. The summed E-state index contributed by atoms with van der Waals surface area (Å²) in [5, 5.41) is 2.24. The molecule has 7 nitrogen and oxygen atoms in total. The average Bonchev–Trinajstić information content (AvgIpc) is 3.20. The van der Waals surface area contributed by atoms with Crippen molar-refractivity contribution in [2.24, 2.45) is 5.73 Å². The molecular formula is C24H34N4O3Si. The summed E-state index contributed by atoms with van der Waals surface area (Å²) >= 11 is 0. The minimum Gasteiger partial charge on any atom is -0.478 e. The van der Waals surface area contributed by atoms with E-state index in [2.05, 4.69) is 55.7 Å². The Morgan fingerprint density at radius 1 is 1.22 bits per heavy atom. The number of primary amides is 1. The molecule has 172 valence electrons. The highest BCUT2D eigenvalue weighted by molar-refractivity contribution is 6.74. The average molecular weight is 455 g/mol. The minimum absolute atomic E-state index is 0.0822. The SMILES string of the molecule is C[C@H](O[Si](C)(C)C(C)(C)C)[C@H](CCOc1cc2ccccc2cn1)c1nc(C(N)=O)c[nH]1. The molecule has 2 aromatic heterocycles. The maximum Gasteiger partial charge on any atom is 0.268 e. The van der Waals surface area contributed by atoms with E-state index in [0.29, 0.717) is 24.7 Å². The van der Waals surface area contributed by atoms with Gasteiger partial charge < -0.3 is 19.9 Å². The van der Waals surface area contributed by atoms with Crippen LogP contribution < -0.4 is 10.5 Å². The second-order valence-electron chi connectivity index (χ2n) is 9.73. The molecule has 0 unspecified atom stereocenters. The van der Waals surface area contributed by atoms with Crippen molar-refractivity contribution in [1.82, 2.24) is 15.0 Å². The Kier molecular flexibility index (Phi) is 7.05. The predicted molar refractivity (Wildman–Crippen MR) is 129 cm³/mol. The van der Waals surface area contributed by atoms with Gasteiger partial charge in [0.2, 0.25) is 5.88 Å². The highest BCUT2D eigenvalue weighted by Crippen LogP contribution is 2.39. The van der Waals surface area contributed by atoms with Crippen molar-refractivity contribution in [1.29, 1.82) is 0 Å². The number of aromatic nitrogens is 3. The van der Waals surface area contributed by atoms with E-state index in [1.807, 2.05) is 36.5 Å². The van der Waals surface area contributed by atoms with Crippen LogP contribution in [0.15, 0.2) is 42.7 Å². The first kappa shape index (κ1) is 23.9. The number of pyridine rings is 1. The lowest BCUT2D eigenvalue weighted by Gasteiger charge is -2.40. The Morgan fingerprint density at radius 2 is 1.91 bits per heavy atom. The summed E-state index contributed by atoms with van der Waals surface area (Å²) in [6.45, 7) is 13.6. The number of H-pyrrole nitrogens is 1. The molecule has 0 aliphatic carbocycles. The minimum atomic E-state index is -2.00. The largest absolute Gasteiger partial charge is 0.478 e. The third kappa shape index (κ3) is 5.55. The topological polar surface area (TPSA) is 103 Å². The van der Waals surface area contributed by atoms with Crippen LogP contribution in [-0.4, -0.2) is 41.9 Å². The van der Waals surface area contributed by atoms with Crippen LogP contribution in [0, 0.1) is 0 Å². The molecular weight excluding hydrogens is 420 g/mol. The molecule has 2 atom stereocenters. The maximum absolute atomic E-state index is 11.6. The molecule has 32 heavy (non-hydrogen) atoms. The van der Waals surface area contributed by atoms with E-state index in [0.717, 1.165) is 10.8 Å². The first-order valence-corrected chi connectivity index (χ1v) is 13.9. The van der Waals surface area contributed by atoms with Crippen molar-refractivity contribution in [2.45, 2.75) is 64.3 Å². The quantitative estimate of drug-likeness (QED) is 0.442. The molecule has 0 aliphatic rings. The summed E-state index contributed by atoms with van der Waals surface area (Å²) in [6.07, 6.45) is 3.90. The van der Waals surface area contributed by atoms with Gasteiger partial charge in [0.15, 0.2) is 8.32 Å². The number of hydrogen-bond acceptors (Lipinski definition) is 5. The lowest BCUT2D eigenvalue weighted by Crippen LogP contribution is -2.44. The first-order valence-electron chi connectivity index (χ1n) is 11.0.